The van der Waals surface area contributed by atoms with Crippen LogP contribution in [-0.2, 0) is 16.1 Å². The monoisotopic (exact) mass is 782 g/mol. The zero-order valence-corrected chi connectivity index (χ0v) is 32.9. The van der Waals surface area contributed by atoms with Gasteiger partial charge in [0.05, 0.1) is 37.5 Å². The third-order valence-corrected chi connectivity index (χ3v) is 16.5. The molecule has 2 N–H and O–H groups in total. The van der Waals surface area contributed by atoms with Gasteiger partial charge in [-0.15, -0.1) is 4.80 Å². The molecule has 0 saturated carbocycles. The van der Waals surface area contributed by atoms with E-state index in [9.17, 15) is 23.6 Å². The molecular formula is C40H43FN6O6SSi. The average molecular weight is 783 g/mol. The first-order valence-corrected chi connectivity index (χ1v) is 20.9. The van der Waals surface area contributed by atoms with E-state index in [-0.39, 0.29) is 32.0 Å². The molecule has 0 unspecified atom stereocenters. The Balaban J connectivity index is 1.26. The van der Waals surface area contributed by atoms with Gasteiger partial charge in [0.15, 0.2) is 0 Å². The Morgan fingerprint density at radius 2 is 1.67 bits per heavy atom. The number of ether oxygens (including phenoxy) is 2. The van der Waals surface area contributed by atoms with Crippen LogP contribution in [0.25, 0.3) is 15.2 Å². The zero-order valence-electron chi connectivity index (χ0n) is 31.1. The van der Waals surface area contributed by atoms with Crippen molar-refractivity contribution in [3.63, 3.8) is 0 Å². The van der Waals surface area contributed by atoms with E-state index in [1.807, 2.05) is 60.7 Å². The summed E-state index contributed by atoms with van der Waals surface area (Å²) in [5.74, 6) is -0.396. The molecule has 1 aliphatic rings. The van der Waals surface area contributed by atoms with Gasteiger partial charge in [-0.3, -0.25) is 18.7 Å². The number of rotatable bonds is 14. The van der Waals surface area contributed by atoms with Crippen molar-refractivity contribution in [2.24, 2.45) is 0 Å². The predicted molar refractivity (Wildman–Crippen MR) is 212 cm³/mol. The normalized spacial score (nSPS) is 15.4. The zero-order chi connectivity index (χ0) is 38.9. The number of amides is 1. The SMILES string of the molecule is COc1ccc(F)cc1[C@H](Cn1c(=O)n([C@H]2CNC(=O)C2)c(=O)c2c(C)c(-n3nccn3)sc21)OCCCC(C)(C)[Si](O)(c1ccccc1)c1ccccc1. The number of aromatic nitrogens is 5. The van der Waals surface area contributed by atoms with Gasteiger partial charge in [0, 0.05) is 30.7 Å². The minimum atomic E-state index is -3.29. The van der Waals surface area contributed by atoms with E-state index < -0.39 is 42.6 Å². The quantitative estimate of drug-likeness (QED) is 0.123. The van der Waals surface area contributed by atoms with Crippen molar-refractivity contribution in [1.29, 1.82) is 0 Å². The fourth-order valence-corrected chi connectivity index (χ4v) is 12.7. The van der Waals surface area contributed by atoms with Crippen molar-refractivity contribution in [3.05, 3.63) is 129 Å². The van der Waals surface area contributed by atoms with E-state index >= 15 is 0 Å². The number of thiophene rings is 1. The molecule has 3 aromatic carbocycles. The molecule has 6 aromatic rings. The number of carbonyl (C=O) groups excluding carboxylic acids is 1. The molecule has 55 heavy (non-hydrogen) atoms. The van der Waals surface area contributed by atoms with E-state index in [2.05, 4.69) is 29.4 Å². The van der Waals surface area contributed by atoms with Crippen molar-refractivity contribution in [3.8, 4) is 10.8 Å². The lowest BCUT2D eigenvalue weighted by atomic mass is 10.1. The fraction of sp³-hybridized carbons (Fsp3) is 0.325. The van der Waals surface area contributed by atoms with Crippen LogP contribution in [0.15, 0.2) is 101 Å². The van der Waals surface area contributed by atoms with Crippen LogP contribution in [0.5, 0.6) is 5.75 Å². The summed E-state index contributed by atoms with van der Waals surface area (Å²) < 4.78 is 29.9. The molecule has 0 radical (unpaired) electrons. The predicted octanol–water partition coefficient (Wildman–Crippen LogP) is 4.39. The minimum Gasteiger partial charge on any atom is -0.496 e. The maximum Gasteiger partial charge on any atom is 0.332 e. The lowest BCUT2D eigenvalue weighted by Gasteiger charge is -2.41. The first kappa shape index (κ1) is 38.1. The van der Waals surface area contributed by atoms with Gasteiger partial charge in [-0.2, -0.15) is 10.2 Å². The van der Waals surface area contributed by atoms with Crippen molar-refractivity contribution in [1.82, 2.24) is 29.4 Å². The highest BCUT2D eigenvalue weighted by Crippen LogP contribution is 2.40. The number of methoxy groups -OCH3 is 1. The van der Waals surface area contributed by atoms with Crippen molar-refractivity contribution < 1.29 is 23.5 Å². The smallest absolute Gasteiger partial charge is 0.332 e. The highest BCUT2D eigenvalue weighted by Gasteiger charge is 2.49. The summed E-state index contributed by atoms with van der Waals surface area (Å²) in [6.45, 7) is 6.17. The molecule has 1 saturated heterocycles. The van der Waals surface area contributed by atoms with Gasteiger partial charge in [-0.05, 0) is 53.4 Å². The van der Waals surface area contributed by atoms with Crippen LogP contribution in [0, 0.1) is 12.7 Å². The standard InChI is InChI=1S/C40H43FN6O6SSi/c1-26-35-36(49)46(28-23-34(48)42-24-28)39(50)45(38(35)54-37(26)47-43-19-20-44-47)25-33(31-22-27(41)16-17-32(31)52-4)53-21-11-18-40(2,3)55(51,29-12-7-5-8-13-29)30-14-9-6-10-15-30/h5-10,12-17,19-20,22,28,33,51H,11,18,21,23-25H2,1-4H3,(H,42,48)/t28-,33+/m1/s1. The maximum absolute atomic E-state index is 15.0. The Labute approximate surface area is 321 Å². The molecule has 0 bridgehead atoms. The van der Waals surface area contributed by atoms with Gasteiger partial charge in [-0.25, -0.2) is 9.18 Å². The number of carbonyl (C=O) groups is 1. The third kappa shape index (κ3) is 7.08. The van der Waals surface area contributed by atoms with Crippen molar-refractivity contribution in [2.45, 2.75) is 63.8 Å². The molecule has 12 nitrogen and oxygen atoms in total. The lowest BCUT2D eigenvalue weighted by molar-refractivity contribution is -0.119. The number of aryl methyl sites for hydroxylation is 1. The number of nitrogens with zero attached hydrogens (tertiary/aromatic N) is 5. The molecule has 7 rings (SSSR count). The Hall–Kier alpha value is -5.22. The molecule has 286 valence electrons. The molecule has 3 aromatic heterocycles. The molecule has 2 atom stereocenters. The van der Waals surface area contributed by atoms with Crippen LogP contribution < -0.4 is 31.7 Å². The van der Waals surface area contributed by atoms with E-state index in [0.29, 0.717) is 44.9 Å². The van der Waals surface area contributed by atoms with Crippen LogP contribution in [0.1, 0.15) is 56.4 Å². The fourth-order valence-electron chi connectivity index (χ4n) is 7.71. The van der Waals surface area contributed by atoms with E-state index in [0.717, 1.165) is 14.9 Å². The number of fused-ring (bicyclic) bond motifs is 1. The summed E-state index contributed by atoms with van der Waals surface area (Å²) in [7, 11) is -1.81. The van der Waals surface area contributed by atoms with E-state index in [1.165, 1.54) is 58.4 Å². The number of hydrogen-bond donors (Lipinski definition) is 2. The molecule has 15 heteroatoms. The second-order valence-corrected chi connectivity index (χ2v) is 19.3. The highest BCUT2D eigenvalue weighted by atomic mass is 32.1. The van der Waals surface area contributed by atoms with Crippen LogP contribution in [0.2, 0.25) is 5.04 Å². The minimum absolute atomic E-state index is 0.0214. The molecule has 1 amide bonds. The highest BCUT2D eigenvalue weighted by molar-refractivity contribution is 7.21. The number of halogens is 1. The van der Waals surface area contributed by atoms with Gasteiger partial charge >= 0.3 is 5.69 Å². The Bertz CT molecular complexity index is 2390. The molecule has 1 fully saturated rings. The summed E-state index contributed by atoms with van der Waals surface area (Å²) in [6.07, 6.45) is 3.24. The maximum atomic E-state index is 15.0. The van der Waals surface area contributed by atoms with Crippen LogP contribution in [0.4, 0.5) is 4.39 Å². The molecule has 0 spiro atoms. The topological polar surface area (TPSA) is 142 Å². The van der Waals surface area contributed by atoms with Crippen LogP contribution >= 0.6 is 11.3 Å². The average Bonchev–Trinajstić information content (AvgIpc) is 3.95. The van der Waals surface area contributed by atoms with Crippen molar-refractivity contribution >= 4 is 46.2 Å². The van der Waals surface area contributed by atoms with Gasteiger partial charge in [0.25, 0.3) is 13.9 Å². The summed E-state index contributed by atoms with van der Waals surface area (Å²) in [5.41, 5.74) is -0.162. The van der Waals surface area contributed by atoms with E-state index in [4.69, 9.17) is 9.47 Å². The molecule has 4 heterocycles. The summed E-state index contributed by atoms with van der Waals surface area (Å²) in [5, 5.41) is 13.4. The van der Waals surface area contributed by atoms with E-state index in [1.54, 1.807) is 6.92 Å². The van der Waals surface area contributed by atoms with Crippen LogP contribution in [0.3, 0.4) is 0 Å². The number of nitrogens with one attached hydrogen (secondary N) is 1. The lowest BCUT2D eigenvalue weighted by Crippen LogP contribution is -2.65. The summed E-state index contributed by atoms with van der Waals surface area (Å²) in [6, 6.07) is 23.0. The largest absolute Gasteiger partial charge is 0.496 e. The van der Waals surface area contributed by atoms with Gasteiger partial charge in [-0.1, -0.05) is 85.8 Å². The molecule has 0 aliphatic carbocycles. The Morgan fingerprint density at radius 3 is 2.27 bits per heavy atom. The first-order chi connectivity index (χ1) is 26.4. The van der Waals surface area contributed by atoms with Crippen molar-refractivity contribution in [2.75, 3.05) is 20.3 Å². The Morgan fingerprint density at radius 1 is 1.02 bits per heavy atom. The summed E-state index contributed by atoms with van der Waals surface area (Å²) >= 11 is 1.19. The van der Waals surface area contributed by atoms with Gasteiger partial charge in [0.1, 0.15) is 27.5 Å². The number of hydrogen-bond acceptors (Lipinski definition) is 9. The second-order valence-electron chi connectivity index (χ2n) is 14.4. The third-order valence-electron chi connectivity index (χ3n) is 10.7. The second kappa shape index (κ2) is 15.5. The summed E-state index contributed by atoms with van der Waals surface area (Å²) in [4.78, 5) is 55.4. The molecule has 1 aliphatic heterocycles. The number of benzene rings is 3. The van der Waals surface area contributed by atoms with Crippen LogP contribution in [-0.4, -0.2) is 63.4 Å². The van der Waals surface area contributed by atoms with Gasteiger partial charge in [0.2, 0.25) is 5.91 Å². The first-order valence-electron chi connectivity index (χ1n) is 18.1. The molecular weight excluding hydrogens is 740 g/mol. The van der Waals surface area contributed by atoms with Gasteiger partial charge < -0.3 is 19.6 Å². The Kier molecular flexibility index (Phi) is 10.7.